The third kappa shape index (κ3) is 7.83. The van der Waals surface area contributed by atoms with E-state index < -0.39 is 24.2 Å². The van der Waals surface area contributed by atoms with Crippen LogP contribution in [0.1, 0.15) is 82.3 Å². The monoisotopic (exact) mass is 734 g/mol. The number of likely N-dealkylation sites (N-methyl/N-ethyl adjacent to an activating group) is 1. The lowest BCUT2D eigenvalue weighted by Gasteiger charge is -2.62. The van der Waals surface area contributed by atoms with Crippen LogP contribution in [0.3, 0.4) is 0 Å². The number of carbonyl (C=O) groups is 2. The van der Waals surface area contributed by atoms with Gasteiger partial charge in [0.05, 0.1) is 38.5 Å². The summed E-state index contributed by atoms with van der Waals surface area (Å²) in [6.07, 6.45) is 2.04. The number of hydroxylamine groups is 2. The van der Waals surface area contributed by atoms with E-state index in [9.17, 15) is 19.8 Å². The maximum Gasteiger partial charge on any atom is 0.255 e. The summed E-state index contributed by atoms with van der Waals surface area (Å²) in [5.41, 5.74) is 4.14. The molecule has 4 fully saturated rings. The van der Waals surface area contributed by atoms with E-state index in [0.29, 0.717) is 53.8 Å². The molecule has 0 spiro atoms. The van der Waals surface area contributed by atoms with Crippen LogP contribution in [-0.2, 0) is 22.6 Å². The number of para-hydroxylation sites is 1. The lowest BCUT2D eigenvalue weighted by atomic mass is 9.45. The average Bonchev–Trinajstić information content (AvgIpc) is 3.72. The Morgan fingerprint density at radius 3 is 2.53 bits per heavy atom. The van der Waals surface area contributed by atoms with Gasteiger partial charge in [0.15, 0.2) is 0 Å². The summed E-state index contributed by atoms with van der Waals surface area (Å²) in [4.78, 5) is 36.6. The zero-order chi connectivity index (χ0) is 38.4. The van der Waals surface area contributed by atoms with E-state index in [1.165, 1.54) is 6.42 Å². The number of methoxy groups -OCH3 is 1. The molecule has 9 atom stereocenters. The number of nitrogens with one attached hydrogen (secondary N) is 2. The Morgan fingerprint density at radius 1 is 1.15 bits per heavy atom. The summed E-state index contributed by atoms with van der Waals surface area (Å²) in [6.45, 7) is 14.0. The molecule has 3 saturated carbocycles. The van der Waals surface area contributed by atoms with E-state index in [4.69, 9.17) is 14.3 Å². The predicted molar refractivity (Wildman–Crippen MR) is 204 cm³/mol. The first kappa shape index (κ1) is 39.5. The van der Waals surface area contributed by atoms with Crippen molar-refractivity contribution in [2.75, 3.05) is 41.0 Å². The van der Waals surface area contributed by atoms with Crippen LogP contribution in [0.5, 0.6) is 11.5 Å². The number of benzene rings is 2. The molecule has 2 amide bonds. The van der Waals surface area contributed by atoms with Gasteiger partial charge in [0, 0.05) is 42.1 Å². The SMILES string of the molecule is COc1c(CN2O[C@@H](CO)C(C(C)O)[C@H]2C(=O)N[C@H]2CC3C[C@@H]([C@@H]2C)C3(C)C)cccc1-c1cc2c(c(C(=O)N[C@@H](CC(C)C)CN(C)C)c1)OCC2. The third-order valence-corrected chi connectivity index (χ3v) is 12.7. The first-order chi connectivity index (χ1) is 25.1. The fourth-order valence-electron chi connectivity index (χ4n) is 9.91. The minimum Gasteiger partial charge on any atom is -0.496 e. The summed E-state index contributed by atoms with van der Waals surface area (Å²) in [5, 5.41) is 29.5. The number of nitrogens with zero attached hydrogens (tertiary/aromatic N) is 2. The van der Waals surface area contributed by atoms with Crippen molar-refractivity contribution >= 4 is 11.8 Å². The van der Waals surface area contributed by atoms with Crippen LogP contribution in [0.2, 0.25) is 0 Å². The van der Waals surface area contributed by atoms with Crippen LogP contribution in [0.4, 0.5) is 0 Å². The van der Waals surface area contributed by atoms with Gasteiger partial charge in [-0.15, -0.1) is 0 Å². The highest BCUT2D eigenvalue weighted by Crippen LogP contribution is 2.61. The number of aliphatic hydroxyl groups is 2. The predicted octanol–water partition coefficient (Wildman–Crippen LogP) is 4.66. The fourth-order valence-corrected chi connectivity index (χ4v) is 9.91. The lowest BCUT2D eigenvalue weighted by Crippen LogP contribution is -2.62. The number of ether oxygens (including phenoxy) is 2. The van der Waals surface area contributed by atoms with Crippen LogP contribution >= 0.6 is 0 Å². The van der Waals surface area contributed by atoms with E-state index in [1.54, 1.807) is 19.1 Å². The van der Waals surface area contributed by atoms with Gasteiger partial charge in [0.1, 0.15) is 23.6 Å². The number of hydrogen-bond acceptors (Lipinski definition) is 9. The highest BCUT2D eigenvalue weighted by atomic mass is 16.7. The molecule has 0 aromatic heterocycles. The molecule has 292 valence electrons. The quantitative estimate of drug-likeness (QED) is 0.219. The van der Waals surface area contributed by atoms with Crippen molar-refractivity contribution in [3.8, 4) is 22.6 Å². The van der Waals surface area contributed by atoms with E-state index in [-0.39, 0.29) is 42.5 Å². The molecule has 2 aromatic rings. The topological polar surface area (TPSA) is 133 Å². The Kier molecular flexibility index (Phi) is 11.8. The van der Waals surface area contributed by atoms with Gasteiger partial charge in [-0.05, 0) is 92.6 Å². The summed E-state index contributed by atoms with van der Waals surface area (Å²) >= 11 is 0. The van der Waals surface area contributed by atoms with Gasteiger partial charge in [-0.2, -0.15) is 5.06 Å². The maximum absolute atomic E-state index is 14.3. The standard InChI is InChI=1S/C42H62N4O7/c1-23(2)15-30(21-45(7)8)43-40(49)32-17-28(16-26-13-14-52-39(26)32)31-12-10-11-27(38(31)51-9)20-46-37(36(25(4)48)35(22-47)53-46)41(50)44-34-19-29-18-33(24(34)3)42(29,5)6/h10-12,16-17,23-25,29-30,33-37,47-48H,13-15,18-22H2,1-9H3,(H,43,49)(H,44,50)/t24-,25?,29?,30-,33-,34-,35-,36?,37-/m0/s1. The van der Waals surface area contributed by atoms with Crippen molar-refractivity contribution < 1.29 is 34.1 Å². The van der Waals surface area contributed by atoms with Gasteiger partial charge in [-0.1, -0.05) is 52.8 Å². The summed E-state index contributed by atoms with van der Waals surface area (Å²) < 4.78 is 12.1. The number of aliphatic hydroxyl groups excluding tert-OH is 2. The van der Waals surface area contributed by atoms with Crippen LogP contribution in [-0.4, -0.2) is 103 Å². The second kappa shape index (κ2) is 15.9. The van der Waals surface area contributed by atoms with Crippen LogP contribution < -0.4 is 20.1 Å². The van der Waals surface area contributed by atoms with Crippen molar-refractivity contribution in [3.05, 3.63) is 47.0 Å². The fraction of sp³-hybridized carbons (Fsp3) is 0.667. The smallest absolute Gasteiger partial charge is 0.255 e. The highest BCUT2D eigenvalue weighted by Gasteiger charge is 2.57. The number of amides is 2. The van der Waals surface area contributed by atoms with Crippen molar-refractivity contribution in [2.24, 2.45) is 35.0 Å². The van der Waals surface area contributed by atoms with Crippen LogP contribution in [0, 0.1) is 35.0 Å². The largest absolute Gasteiger partial charge is 0.496 e. The van der Waals surface area contributed by atoms with Gasteiger partial charge in [-0.3, -0.25) is 14.4 Å². The van der Waals surface area contributed by atoms with Gasteiger partial charge in [0.2, 0.25) is 5.91 Å². The van der Waals surface area contributed by atoms with Crippen molar-refractivity contribution in [2.45, 2.75) is 104 Å². The molecule has 2 bridgehead atoms. The molecule has 11 heteroatoms. The Hall–Kier alpha value is -3.22. The van der Waals surface area contributed by atoms with Gasteiger partial charge in [0.25, 0.3) is 5.91 Å². The number of rotatable bonds is 14. The molecule has 2 aliphatic heterocycles. The minimum absolute atomic E-state index is 0.0197. The normalized spacial score (nSPS) is 28.6. The highest BCUT2D eigenvalue weighted by molar-refractivity contribution is 5.99. The van der Waals surface area contributed by atoms with Crippen molar-refractivity contribution in [3.63, 3.8) is 0 Å². The molecule has 7 rings (SSSR count). The van der Waals surface area contributed by atoms with Gasteiger partial charge >= 0.3 is 0 Å². The Labute approximate surface area is 315 Å². The molecule has 1 saturated heterocycles. The molecule has 2 aromatic carbocycles. The Balaban J connectivity index is 1.29. The first-order valence-electron chi connectivity index (χ1n) is 19.6. The van der Waals surface area contributed by atoms with E-state index in [1.807, 2.05) is 38.4 Å². The zero-order valence-electron chi connectivity index (χ0n) is 33.1. The molecule has 53 heavy (non-hydrogen) atoms. The molecular formula is C42H62N4O7. The minimum atomic E-state index is -0.895. The van der Waals surface area contributed by atoms with Crippen LogP contribution in [0.15, 0.2) is 30.3 Å². The van der Waals surface area contributed by atoms with E-state index >= 15 is 0 Å². The average molecular weight is 735 g/mol. The molecule has 3 unspecified atom stereocenters. The Morgan fingerprint density at radius 2 is 1.91 bits per heavy atom. The second-order valence-electron chi connectivity index (χ2n) is 17.4. The molecule has 11 nitrogen and oxygen atoms in total. The zero-order valence-corrected chi connectivity index (χ0v) is 33.1. The van der Waals surface area contributed by atoms with Gasteiger partial charge < -0.3 is 35.2 Å². The molecular weight excluding hydrogens is 672 g/mol. The molecule has 4 N–H and O–H groups in total. The number of hydrogen-bond donors (Lipinski definition) is 4. The third-order valence-electron chi connectivity index (χ3n) is 12.7. The lowest BCUT2D eigenvalue weighted by molar-refractivity contribution is -0.183. The van der Waals surface area contributed by atoms with Gasteiger partial charge in [-0.25, -0.2) is 0 Å². The number of carbonyl (C=O) groups excluding carboxylic acids is 2. The van der Waals surface area contributed by atoms with Crippen molar-refractivity contribution in [1.29, 1.82) is 0 Å². The maximum atomic E-state index is 14.3. The molecule has 0 radical (unpaired) electrons. The summed E-state index contributed by atoms with van der Waals surface area (Å²) in [6, 6.07) is 8.99. The second-order valence-corrected chi connectivity index (χ2v) is 17.4. The van der Waals surface area contributed by atoms with E-state index in [0.717, 1.165) is 41.6 Å². The molecule has 3 aliphatic carbocycles. The summed E-state index contributed by atoms with van der Waals surface area (Å²) in [5.74, 6) is 2.11. The molecule has 2 heterocycles. The van der Waals surface area contributed by atoms with E-state index in [2.05, 4.69) is 56.2 Å². The number of fused-ring (bicyclic) bond motifs is 3. The van der Waals surface area contributed by atoms with Crippen LogP contribution in [0.25, 0.3) is 11.1 Å². The Bertz CT molecular complexity index is 1630. The molecule has 5 aliphatic rings. The first-order valence-corrected chi connectivity index (χ1v) is 19.6. The van der Waals surface area contributed by atoms with Crippen molar-refractivity contribution in [1.82, 2.24) is 20.6 Å². The summed E-state index contributed by atoms with van der Waals surface area (Å²) in [7, 11) is 5.64.